The van der Waals surface area contributed by atoms with Crippen molar-refractivity contribution < 1.29 is 14.0 Å². The van der Waals surface area contributed by atoms with Crippen molar-refractivity contribution in [2.75, 3.05) is 44.6 Å². The third-order valence-electron chi connectivity index (χ3n) is 6.76. The van der Waals surface area contributed by atoms with E-state index >= 15 is 0 Å². The van der Waals surface area contributed by atoms with Gasteiger partial charge in [-0.05, 0) is 65.7 Å². The van der Waals surface area contributed by atoms with Crippen LogP contribution in [0.4, 0.5) is 14.9 Å². The summed E-state index contributed by atoms with van der Waals surface area (Å²) < 4.78 is 14.0. The SMILES string of the molecule is Cc1cccc(NC(=O)N2CCN(C(=O)CN3CCc4sccc4C3c3cccc(F)c3)CC2)c1. The molecule has 35 heavy (non-hydrogen) atoms. The van der Waals surface area contributed by atoms with Crippen molar-refractivity contribution in [1.82, 2.24) is 14.7 Å². The van der Waals surface area contributed by atoms with Crippen molar-refractivity contribution in [3.8, 4) is 0 Å². The van der Waals surface area contributed by atoms with Crippen LogP contribution in [0, 0.1) is 12.7 Å². The monoisotopic (exact) mass is 492 g/mol. The minimum absolute atomic E-state index is 0.0452. The van der Waals surface area contributed by atoms with Crippen LogP contribution in [-0.4, -0.2) is 65.9 Å². The van der Waals surface area contributed by atoms with Crippen LogP contribution in [0.1, 0.15) is 27.6 Å². The van der Waals surface area contributed by atoms with Crippen LogP contribution >= 0.6 is 11.3 Å². The highest BCUT2D eigenvalue weighted by atomic mass is 32.1. The van der Waals surface area contributed by atoms with Crippen LogP contribution in [0.5, 0.6) is 0 Å². The predicted molar refractivity (Wildman–Crippen MR) is 136 cm³/mol. The molecule has 3 heterocycles. The lowest BCUT2D eigenvalue weighted by atomic mass is 9.93. The molecule has 3 aromatic rings. The molecule has 0 saturated carbocycles. The largest absolute Gasteiger partial charge is 0.338 e. The average molecular weight is 493 g/mol. The second-order valence-electron chi connectivity index (χ2n) is 9.14. The molecule has 2 aliphatic rings. The summed E-state index contributed by atoms with van der Waals surface area (Å²) in [5.74, 6) is -0.222. The van der Waals surface area contributed by atoms with E-state index in [1.165, 1.54) is 10.9 Å². The number of thiophene rings is 1. The lowest BCUT2D eigenvalue weighted by Gasteiger charge is -2.39. The number of anilines is 1. The number of urea groups is 1. The Morgan fingerprint density at radius 2 is 1.77 bits per heavy atom. The van der Waals surface area contributed by atoms with Crippen LogP contribution in [0.3, 0.4) is 0 Å². The van der Waals surface area contributed by atoms with Crippen molar-refractivity contribution in [2.24, 2.45) is 0 Å². The number of piperazine rings is 1. The van der Waals surface area contributed by atoms with Gasteiger partial charge >= 0.3 is 6.03 Å². The zero-order chi connectivity index (χ0) is 24.4. The lowest BCUT2D eigenvalue weighted by Crippen LogP contribution is -2.54. The number of nitrogens with zero attached hydrogens (tertiary/aromatic N) is 3. The fourth-order valence-electron chi connectivity index (χ4n) is 4.96. The van der Waals surface area contributed by atoms with E-state index in [1.807, 2.05) is 42.2 Å². The van der Waals surface area contributed by atoms with Crippen LogP contribution in [0.15, 0.2) is 60.0 Å². The standard InChI is InChI=1S/C27H29FN4O2S/c1-19-4-2-7-22(16-19)29-27(34)31-13-11-30(12-14-31)25(33)18-32-10-8-24-23(9-15-35-24)26(32)20-5-3-6-21(28)17-20/h2-7,9,15-17,26H,8,10-14,18H2,1H3,(H,29,34). The number of hydrogen-bond acceptors (Lipinski definition) is 4. The Morgan fingerprint density at radius 3 is 2.54 bits per heavy atom. The molecule has 1 atom stereocenters. The minimum atomic E-state index is -0.267. The Kier molecular flexibility index (Phi) is 6.83. The molecule has 3 amide bonds. The third kappa shape index (κ3) is 5.23. The van der Waals surface area contributed by atoms with Crippen molar-refractivity contribution in [3.05, 3.63) is 87.4 Å². The molecular weight excluding hydrogens is 463 g/mol. The number of amides is 3. The van der Waals surface area contributed by atoms with E-state index in [-0.39, 0.29) is 30.3 Å². The highest BCUT2D eigenvalue weighted by molar-refractivity contribution is 7.10. The summed E-state index contributed by atoms with van der Waals surface area (Å²) in [5, 5.41) is 5.02. The number of aryl methyl sites for hydroxylation is 1. The second kappa shape index (κ2) is 10.2. The number of fused-ring (bicyclic) bond motifs is 1. The van der Waals surface area contributed by atoms with Crippen LogP contribution < -0.4 is 5.32 Å². The van der Waals surface area contributed by atoms with Crippen molar-refractivity contribution >= 4 is 29.0 Å². The Morgan fingerprint density at radius 1 is 1.00 bits per heavy atom. The lowest BCUT2D eigenvalue weighted by molar-refractivity contribution is -0.134. The quantitative estimate of drug-likeness (QED) is 0.583. The van der Waals surface area contributed by atoms with Gasteiger partial charge in [-0.2, -0.15) is 0 Å². The Hall–Kier alpha value is -3.23. The first-order chi connectivity index (χ1) is 17.0. The highest BCUT2D eigenvalue weighted by Crippen LogP contribution is 2.37. The molecule has 0 spiro atoms. The molecule has 1 saturated heterocycles. The fraction of sp³-hybridized carbons (Fsp3) is 0.333. The molecule has 1 aromatic heterocycles. The van der Waals surface area contributed by atoms with E-state index in [0.29, 0.717) is 26.2 Å². The number of benzene rings is 2. The molecule has 2 aliphatic heterocycles. The van der Waals surface area contributed by atoms with Gasteiger partial charge in [-0.3, -0.25) is 9.69 Å². The molecular formula is C27H29FN4O2S. The van der Waals surface area contributed by atoms with E-state index in [2.05, 4.69) is 21.7 Å². The van der Waals surface area contributed by atoms with Gasteiger partial charge in [-0.1, -0.05) is 24.3 Å². The summed E-state index contributed by atoms with van der Waals surface area (Å²) >= 11 is 1.72. The van der Waals surface area contributed by atoms with Crippen LogP contribution in [0.25, 0.3) is 0 Å². The number of halogens is 1. The average Bonchev–Trinajstić information content (AvgIpc) is 3.33. The predicted octanol–water partition coefficient (Wildman–Crippen LogP) is 4.52. The van der Waals surface area contributed by atoms with Gasteiger partial charge in [0.25, 0.3) is 0 Å². The van der Waals surface area contributed by atoms with Crippen LogP contribution in [-0.2, 0) is 11.2 Å². The van der Waals surface area contributed by atoms with Crippen molar-refractivity contribution in [3.63, 3.8) is 0 Å². The van der Waals surface area contributed by atoms with Crippen molar-refractivity contribution in [1.29, 1.82) is 0 Å². The molecule has 1 N–H and O–H groups in total. The topological polar surface area (TPSA) is 55.9 Å². The summed E-state index contributed by atoms with van der Waals surface area (Å²) in [5.41, 5.74) is 3.89. The highest BCUT2D eigenvalue weighted by Gasteiger charge is 2.33. The number of nitrogens with one attached hydrogen (secondary N) is 1. The second-order valence-corrected chi connectivity index (χ2v) is 10.1. The number of carbonyl (C=O) groups excluding carboxylic acids is 2. The van der Waals surface area contributed by atoms with Gasteiger partial charge in [0, 0.05) is 43.3 Å². The Labute approximate surface area is 209 Å². The van der Waals surface area contributed by atoms with Gasteiger partial charge in [0.05, 0.1) is 12.6 Å². The maximum Gasteiger partial charge on any atom is 0.321 e. The maximum absolute atomic E-state index is 14.0. The van der Waals surface area contributed by atoms with Gasteiger partial charge in [0.15, 0.2) is 0 Å². The molecule has 8 heteroatoms. The van der Waals surface area contributed by atoms with Crippen molar-refractivity contribution in [2.45, 2.75) is 19.4 Å². The zero-order valence-electron chi connectivity index (χ0n) is 19.7. The first-order valence-electron chi connectivity index (χ1n) is 11.9. The third-order valence-corrected chi connectivity index (χ3v) is 7.75. The first kappa shape index (κ1) is 23.5. The Bertz CT molecular complexity index is 1220. The van der Waals surface area contributed by atoms with Gasteiger partial charge in [-0.25, -0.2) is 9.18 Å². The minimum Gasteiger partial charge on any atom is -0.338 e. The molecule has 1 unspecified atom stereocenters. The fourth-order valence-corrected chi connectivity index (χ4v) is 5.87. The number of rotatable bonds is 4. The summed E-state index contributed by atoms with van der Waals surface area (Å²) in [6.45, 7) is 4.99. The summed E-state index contributed by atoms with van der Waals surface area (Å²) in [6.07, 6.45) is 0.888. The van der Waals surface area contributed by atoms with E-state index in [1.54, 1.807) is 28.4 Å². The number of hydrogen-bond donors (Lipinski definition) is 1. The van der Waals surface area contributed by atoms with Gasteiger partial charge in [0.1, 0.15) is 5.82 Å². The van der Waals surface area contributed by atoms with Gasteiger partial charge in [-0.15, -0.1) is 11.3 Å². The molecule has 5 rings (SSSR count). The number of carbonyl (C=O) groups is 2. The molecule has 0 bridgehead atoms. The molecule has 182 valence electrons. The molecule has 2 aromatic carbocycles. The van der Waals surface area contributed by atoms with Crippen LogP contribution in [0.2, 0.25) is 0 Å². The zero-order valence-corrected chi connectivity index (χ0v) is 20.6. The smallest absolute Gasteiger partial charge is 0.321 e. The van der Waals surface area contributed by atoms with E-state index < -0.39 is 0 Å². The van der Waals surface area contributed by atoms with Gasteiger partial charge < -0.3 is 15.1 Å². The summed E-state index contributed by atoms with van der Waals surface area (Å²) in [7, 11) is 0. The van der Waals surface area contributed by atoms with E-state index in [4.69, 9.17) is 0 Å². The summed E-state index contributed by atoms with van der Waals surface area (Å²) in [4.78, 5) is 33.0. The summed E-state index contributed by atoms with van der Waals surface area (Å²) in [6, 6.07) is 16.2. The van der Waals surface area contributed by atoms with E-state index in [9.17, 15) is 14.0 Å². The Balaban J connectivity index is 1.21. The molecule has 0 radical (unpaired) electrons. The first-order valence-corrected chi connectivity index (χ1v) is 12.8. The maximum atomic E-state index is 14.0. The van der Waals surface area contributed by atoms with E-state index in [0.717, 1.165) is 35.3 Å². The normalized spacial score (nSPS) is 18.3. The molecule has 6 nitrogen and oxygen atoms in total. The van der Waals surface area contributed by atoms with Gasteiger partial charge in [0.2, 0.25) is 5.91 Å². The molecule has 1 fully saturated rings. The molecule has 0 aliphatic carbocycles.